The van der Waals surface area contributed by atoms with Crippen LogP contribution in [0.15, 0.2) is 77.8 Å². The second-order valence-corrected chi connectivity index (χ2v) is 5.59. The number of hydrogen-bond acceptors (Lipinski definition) is 3. The largest absolute Gasteiger partial charge is 0.506 e. The smallest absolute Gasteiger partial charge is 0.141 e. The number of phenolic OH excluding ortho intramolecular Hbond substituents is 1. The zero-order chi connectivity index (χ0) is 16.8. The number of aliphatic imine (C=N–C) groups is 1. The van der Waals surface area contributed by atoms with Crippen LogP contribution < -0.4 is 4.74 Å². The maximum atomic E-state index is 9.80. The summed E-state index contributed by atoms with van der Waals surface area (Å²) in [6.45, 7) is 2.52. The van der Waals surface area contributed by atoms with Gasteiger partial charge in [-0.1, -0.05) is 36.4 Å². The van der Waals surface area contributed by atoms with E-state index in [9.17, 15) is 5.11 Å². The Hall–Kier alpha value is -3.07. The van der Waals surface area contributed by atoms with Gasteiger partial charge in [0.1, 0.15) is 23.8 Å². The van der Waals surface area contributed by atoms with E-state index in [2.05, 4.69) is 4.99 Å². The molecule has 0 fully saturated rings. The summed E-state index contributed by atoms with van der Waals surface area (Å²) in [5.74, 6) is 0.995. The number of ether oxygens (including phenoxy) is 1. The number of rotatable bonds is 5. The third-order valence-electron chi connectivity index (χ3n) is 3.61. The SMILES string of the molecule is Cc1ccc(O)c(N=Cc2ccc(OCc3ccccc3)cc2)c1. The first-order chi connectivity index (χ1) is 11.7. The summed E-state index contributed by atoms with van der Waals surface area (Å²) in [5, 5.41) is 9.80. The van der Waals surface area contributed by atoms with Crippen molar-refractivity contribution in [2.75, 3.05) is 0 Å². The fourth-order valence-electron chi connectivity index (χ4n) is 2.27. The fourth-order valence-corrected chi connectivity index (χ4v) is 2.27. The molecule has 0 saturated carbocycles. The molecule has 0 radical (unpaired) electrons. The summed E-state index contributed by atoms with van der Waals surface area (Å²) in [7, 11) is 0. The highest BCUT2D eigenvalue weighted by Gasteiger charge is 1.99. The van der Waals surface area contributed by atoms with E-state index >= 15 is 0 Å². The van der Waals surface area contributed by atoms with E-state index in [0.717, 1.165) is 22.4 Å². The molecule has 0 aliphatic rings. The number of aryl methyl sites for hydroxylation is 1. The topological polar surface area (TPSA) is 41.8 Å². The molecule has 0 spiro atoms. The predicted molar refractivity (Wildman–Crippen MR) is 97.3 cm³/mol. The van der Waals surface area contributed by atoms with Gasteiger partial charge in [0, 0.05) is 6.21 Å². The van der Waals surface area contributed by atoms with Crippen LogP contribution in [-0.4, -0.2) is 11.3 Å². The maximum Gasteiger partial charge on any atom is 0.141 e. The number of nitrogens with zero attached hydrogens (tertiary/aromatic N) is 1. The van der Waals surface area contributed by atoms with E-state index in [1.807, 2.05) is 73.7 Å². The Morgan fingerprint density at radius 2 is 1.71 bits per heavy atom. The molecule has 3 aromatic carbocycles. The zero-order valence-corrected chi connectivity index (χ0v) is 13.5. The molecule has 3 nitrogen and oxygen atoms in total. The van der Waals surface area contributed by atoms with Crippen molar-refractivity contribution in [2.24, 2.45) is 4.99 Å². The Morgan fingerprint density at radius 1 is 0.958 bits per heavy atom. The van der Waals surface area contributed by atoms with Crippen molar-refractivity contribution in [3.05, 3.63) is 89.5 Å². The van der Waals surface area contributed by atoms with Crippen LogP contribution in [0, 0.1) is 6.92 Å². The molecule has 0 atom stereocenters. The van der Waals surface area contributed by atoms with Crippen molar-refractivity contribution in [1.29, 1.82) is 0 Å². The average molecular weight is 317 g/mol. The van der Waals surface area contributed by atoms with Crippen LogP contribution in [0.1, 0.15) is 16.7 Å². The number of hydrogen-bond donors (Lipinski definition) is 1. The van der Waals surface area contributed by atoms with E-state index in [4.69, 9.17) is 4.74 Å². The minimum absolute atomic E-state index is 0.180. The Morgan fingerprint density at radius 3 is 2.46 bits per heavy atom. The monoisotopic (exact) mass is 317 g/mol. The van der Waals surface area contributed by atoms with Gasteiger partial charge >= 0.3 is 0 Å². The Balaban J connectivity index is 1.64. The highest BCUT2D eigenvalue weighted by Crippen LogP contribution is 2.26. The summed E-state index contributed by atoms with van der Waals surface area (Å²) in [6, 6.07) is 23.1. The van der Waals surface area contributed by atoms with Gasteiger partial charge in [-0.15, -0.1) is 0 Å². The second-order valence-electron chi connectivity index (χ2n) is 5.59. The van der Waals surface area contributed by atoms with Crippen molar-refractivity contribution in [3.63, 3.8) is 0 Å². The number of phenols is 1. The van der Waals surface area contributed by atoms with Gasteiger partial charge in [-0.3, -0.25) is 4.99 Å². The molecule has 0 aliphatic heterocycles. The normalized spacial score (nSPS) is 10.9. The molecular formula is C21H19NO2. The lowest BCUT2D eigenvalue weighted by Crippen LogP contribution is -1.94. The predicted octanol–water partition coefficient (Wildman–Crippen LogP) is 5.03. The average Bonchev–Trinajstić information content (AvgIpc) is 2.62. The minimum Gasteiger partial charge on any atom is -0.506 e. The number of aromatic hydroxyl groups is 1. The molecule has 120 valence electrons. The van der Waals surface area contributed by atoms with Gasteiger partial charge in [-0.25, -0.2) is 0 Å². The van der Waals surface area contributed by atoms with Gasteiger partial charge in [-0.2, -0.15) is 0 Å². The Labute approximate surface area is 141 Å². The van der Waals surface area contributed by atoms with E-state index in [0.29, 0.717) is 12.3 Å². The van der Waals surface area contributed by atoms with Crippen LogP contribution in [0.25, 0.3) is 0 Å². The molecule has 0 saturated heterocycles. The van der Waals surface area contributed by atoms with Gasteiger partial charge in [0.2, 0.25) is 0 Å². The van der Waals surface area contributed by atoms with Crippen LogP contribution in [0.5, 0.6) is 11.5 Å². The van der Waals surface area contributed by atoms with Crippen molar-refractivity contribution < 1.29 is 9.84 Å². The molecule has 3 heteroatoms. The second kappa shape index (κ2) is 7.47. The van der Waals surface area contributed by atoms with E-state index in [1.165, 1.54) is 0 Å². The summed E-state index contributed by atoms with van der Waals surface area (Å²) in [5.41, 5.74) is 3.71. The van der Waals surface area contributed by atoms with E-state index in [-0.39, 0.29) is 5.75 Å². The van der Waals surface area contributed by atoms with Gasteiger partial charge in [0.05, 0.1) is 0 Å². The fraction of sp³-hybridized carbons (Fsp3) is 0.0952. The first kappa shape index (κ1) is 15.8. The van der Waals surface area contributed by atoms with Gasteiger partial charge in [0.15, 0.2) is 0 Å². The molecule has 0 aromatic heterocycles. The van der Waals surface area contributed by atoms with Gasteiger partial charge in [0.25, 0.3) is 0 Å². The summed E-state index contributed by atoms with van der Waals surface area (Å²) in [4.78, 5) is 4.34. The third-order valence-corrected chi connectivity index (χ3v) is 3.61. The molecule has 3 rings (SSSR count). The third kappa shape index (κ3) is 4.23. The summed E-state index contributed by atoms with van der Waals surface area (Å²) >= 11 is 0. The first-order valence-electron chi connectivity index (χ1n) is 7.81. The van der Waals surface area contributed by atoms with Crippen LogP contribution in [0.4, 0.5) is 5.69 Å². The van der Waals surface area contributed by atoms with Crippen LogP contribution in [0.3, 0.4) is 0 Å². The maximum absolute atomic E-state index is 9.80. The molecule has 0 aliphatic carbocycles. The zero-order valence-electron chi connectivity index (χ0n) is 13.5. The molecular weight excluding hydrogens is 298 g/mol. The lowest BCUT2D eigenvalue weighted by Gasteiger charge is -2.06. The van der Waals surface area contributed by atoms with Crippen LogP contribution >= 0.6 is 0 Å². The molecule has 0 amide bonds. The molecule has 0 bridgehead atoms. The Bertz CT molecular complexity index is 824. The molecule has 3 aromatic rings. The first-order valence-corrected chi connectivity index (χ1v) is 7.81. The highest BCUT2D eigenvalue weighted by molar-refractivity contribution is 5.82. The van der Waals surface area contributed by atoms with Crippen LogP contribution in [0.2, 0.25) is 0 Å². The minimum atomic E-state index is 0.180. The lowest BCUT2D eigenvalue weighted by molar-refractivity contribution is 0.306. The van der Waals surface area contributed by atoms with Crippen molar-refractivity contribution in [1.82, 2.24) is 0 Å². The highest BCUT2D eigenvalue weighted by atomic mass is 16.5. The lowest BCUT2D eigenvalue weighted by atomic mass is 10.2. The molecule has 0 unspecified atom stereocenters. The Kier molecular flexibility index (Phi) is 4.92. The van der Waals surface area contributed by atoms with Gasteiger partial charge in [-0.05, 0) is 60.0 Å². The number of benzene rings is 3. The molecule has 1 N–H and O–H groups in total. The quantitative estimate of drug-likeness (QED) is 0.671. The van der Waals surface area contributed by atoms with Crippen LogP contribution in [-0.2, 0) is 6.61 Å². The molecule has 24 heavy (non-hydrogen) atoms. The van der Waals surface area contributed by atoms with Gasteiger partial charge < -0.3 is 9.84 Å². The van der Waals surface area contributed by atoms with Crippen molar-refractivity contribution in [2.45, 2.75) is 13.5 Å². The van der Waals surface area contributed by atoms with Crippen molar-refractivity contribution >= 4 is 11.9 Å². The standard InChI is InChI=1S/C21H19NO2/c1-16-7-12-21(23)20(13-16)22-14-17-8-10-19(11-9-17)24-15-18-5-3-2-4-6-18/h2-14,23H,15H2,1H3. The molecule has 0 heterocycles. The van der Waals surface area contributed by atoms with E-state index in [1.54, 1.807) is 12.3 Å². The summed E-state index contributed by atoms with van der Waals surface area (Å²) < 4.78 is 5.76. The van der Waals surface area contributed by atoms with Crippen molar-refractivity contribution in [3.8, 4) is 11.5 Å². The summed E-state index contributed by atoms with van der Waals surface area (Å²) in [6.07, 6.45) is 1.73. The van der Waals surface area contributed by atoms with E-state index < -0.39 is 0 Å².